The fourth-order valence-corrected chi connectivity index (χ4v) is 5.15. The lowest BCUT2D eigenvalue weighted by Gasteiger charge is -2.41. The van der Waals surface area contributed by atoms with Crippen LogP contribution in [0.25, 0.3) is 0 Å². The Labute approximate surface area is 146 Å². The average Bonchev–Trinajstić information content (AvgIpc) is 3.15. The van der Waals surface area contributed by atoms with Crippen molar-refractivity contribution < 1.29 is 19.5 Å². The molecular formula is C20H23NO4. The summed E-state index contributed by atoms with van der Waals surface area (Å²) in [6.45, 7) is 2.06. The van der Waals surface area contributed by atoms with Crippen LogP contribution in [0, 0.1) is 29.6 Å². The third-order valence-corrected chi connectivity index (χ3v) is 6.39. The van der Waals surface area contributed by atoms with Crippen molar-refractivity contribution in [3.63, 3.8) is 0 Å². The Bertz CT molecular complexity index is 775. The van der Waals surface area contributed by atoms with Crippen LogP contribution in [0.3, 0.4) is 0 Å². The number of allylic oxidation sites excluding steroid dienone is 2. The Morgan fingerprint density at radius 3 is 2.72 bits per heavy atom. The van der Waals surface area contributed by atoms with E-state index in [0.29, 0.717) is 17.5 Å². The molecule has 1 saturated carbocycles. The second kappa shape index (κ2) is 5.97. The van der Waals surface area contributed by atoms with Crippen LogP contribution in [0.5, 0.6) is 0 Å². The third kappa shape index (κ3) is 2.48. The number of aromatic carboxylic acids is 1. The number of Topliss-reactive ketones (excluding diaryl/α,β-unsaturated/α-hetero) is 1. The number of carbonyl (C=O) groups excluding carboxylic acids is 2. The minimum absolute atomic E-state index is 0.0128. The van der Waals surface area contributed by atoms with Gasteiger partial charge in [-0.2, -0.15) is 0 Å². The van der Waals surface area contributed by atoms with E-state index in [1.165, 1.54) is 23.3 Å². The number of hydrogen-bond acceptors (Lipinski definition) is 3. The van der Waals surface area contributed by atoms with Gasteiger partial charge >= 0.3 is 5.97 Å². The summed E-state index contributed by atoms with van der Waals surface area (Å²) in [4.78, 5) is 37.4. The van der Waals surface area contributed by atoms with Crippen LogP contribution in [-0.4, -0.2) is 27.3 Å². The number of ketones is 1. The molecule has 1 aromatic rings. The summed E-state index contributed by atoms with van der Waals surface area (Å²) in [5, 5.41) is 9.28. The summed E-state index contributed by atoms with van der Waals surface area (Å²) in [6.07, 6.45) is 10.6. The average molecular weight is 341 g/mol. The van der Waals surface area contributed by atoms with Gasteiger partial charge < -0.3 is 5.11 Å². The zero-order chi connectivity index (χ0) is 17.7. The van der Waals surface area contributed by atoms with Gasteiger partial charge in [-0.1, -0.05) is 31.9 Å². The van der Waals surface area contributed by atoms with Gasteiger partial charge in [0.1, 0.15) is 11.7 Å². The van der Waals surface area contributed by atoms with Gasteiger partial charge in [-0.25, -0.2) is 4.79 Å². The predicted octanol–water partition coefficient (Wildman–Crippen LogP) is 3.20. The molecule has 0 saturated heterocycles. The van der Waals surface area contributed by atoms with E-state index in [4.69, 9.17) is 0 Å². The van der Waals surface area contributed by atoms with Crippen molar-refractivity contribution in [2.24, 2.45) is 29.6 Å². The largest absolute Gasteiger partial charge is 0.478 e. The van der Waals surface area contributed by atoms with Crippen LogP contribution in [0.15, 0.2) is 24.4 Å². The fourth-order valence-electron chi connectivity index (χ4n) is 5.15. The second-order valence-electron chi connectivity index (χ2n) is 7.73. The van der Waals surface area contributed by atoms with Crippen molar-refractivity contribution in [1.82, 2.24) is 4.57 Å². The fraction of sp³-hybridized carbons (Fsp3) is 0.550. The molecule has 25 heavy (non-hydrogen) atoms. The molecule has 0 aromatic carbocycles. The van der Waals surface area contributed by atoms with E-state index in [2.05, 4.69) is 19.1 Å². The summed E-state index contributed by atoms with van der Waals surface area (Å²) >= 11 is 0. The van der Waals surface area contributed by atoms with Gasteiger partial charge in [0.15, 0.2) is 0 Å². The molecule has 5 atom stereocenters. The number of rotatable bonds is 3. The van der Waals surface area contributed by atoms with Crippen molar-refractivity contribution in [2.45, 2.75) is 39.0 Å². The first-order valence-corrected chi connectivity index (χ1v) is 9.19. The molecule has 1 fully saturated rings. The smallest absolute Gasteiger partial charge is 0.337 e. The molecule has 0 spiro atoms. The Balaban J connectivity index is 1.62. The van der Waals surface area contributed by atoms with Crippen LogP contribution in [0.1, 0.15) is 53.5 Å². The van der Waals surface area contributed by atoms with Crippen molar-refractivity contribution in [3.8, 4) is 0 Å². The highest BCUT2D eigenvalue weighted by atomic mass is 16.4. The Hall–Kier alpha value is -2.17. The van der Waals surface area contributed by atoms with Crippen LogP contribution >= 0.6 is 0 Å². The number of carboxylic acids is 1. The summed E-state index contributed by atoms with van der Waals surface area (Å²) in [5.41, 5.74) is 0.603. The van der Waals surface area contributed by atoms with E-state index >= 15 is 0 Å². The van der Waals surface area contributed by atoms with Gasteiger partial charge in [0.2, 0.25) is 5.91 Å². The SMILES string of the molecule is C[C@H]1C=C[C@H]2CCCC[C@@H]2C1C(=O)C1Cc2c(C(=O)O)ccn2C1=O. The molecule has 1 N–H and O–H groups in total. The molecule has 5 heteroatoms. The van der Waals surface area contributed by atoms with E-state index in [0.717, 1.165) is 19.3 Å². The third-order valence-electron chi connectivity index (χ3n) is 6.39. The van der Waals surface area contributed by atoms with E-state index < -0.39 is 11.9 Å². The minimum Gasteiger partial charge on any atom is -0.478 e. The van der Waals surface area contributed by atoms with Crippen LogP contribution in [0.4, 0.5) is 0 Å². The summed E-state index contributed by atoms with van der Waals surface area (Å²) < 4.78 is 1.37. The number of carboxylic acid groups (broad SMARTS) is 1. The number of carbonyl (C=O) groups is 3. The first-order valence-electron chi connectivity index (χ1n) is 9.19. The number of nitrogens with zero attached hydrogens (tertiary/aromatic N) is 1. The zero-order valence-electron chi connectivity index (χ0n) is 14.4. The normalized spacial score (nSPS) is 33.8. The van der Waals surface area contributed by atoms with E-state index in [9.17, 15) is 19.5 Å². The zero-order valence-corrected chi connectivity index (χ0v) is 14.4. The molecule has 2 heterocycles. The van der Waals surface area contributed by atoms with Gasteiger partial charge in [-0.3, -0.25) is 14.2 Å². The van der Waals surface area contributed by atoms with Gasteiger partial charge in [-0.05, 0) is 36.7 Å². The molecule has 0 radical (unpaired) electrons. The maximum atomic E-state index is 13.3. The molecular weight excluding hydrogens is 318 g/mol. The molecule has 2 unspecified atom stereocenters. The maximum absolute atomic E-state index is 13.3. The highest BCUT2D eigenvalue weighted by Gasteiger charge is 2.46. The second-order valence-corrected chi connectivity index (χ2v) is 7.73. The molecule has 1 aliphatic heterocycles. The molecule has 1 aromatic heterocycles. The van der Waals surface area contributed by atoms with Crippen LogP contribution in [0.2, 0.25) is 0 Å². The molecule has 3 aliphatic rings. The summed E-state index contributed by atoms with van der Waals surface area (Å²) in [6, 6.07) is 1.44. The number of hydrogen-bond donors (Lipinski definition) is 1. The van der Waals surface area contributed by atoms with Crippen molar-refractivity contribution in [2.75, 3.05) is 0 Å². The van der Waals surface area contributed by atoms with Crippen LogP contribution in [-0.2, 0) is 11.2 Å². The van der Waals surface area contributed by atoms with E-state index in [1.54, 1.807) is 0 Å². The van der Waals surface area contributed by atoms with E-state index in [1.807, 2.05) is 0 Å². The lowest BCUT2D eigenvalue weighted by atomic mass is 9.62. The molecule has 0 amide bonds. The summed E-state index contributed by atoms with van der Waals surface area (Å²) in [5.74, 6) is -1.23. The quantitative estimate of drug-likeness (QED) is 0.676. The monoisotopic (exact) mass is 341 g/mol. The lowest BCUT2D eigenvalue weighted by molar-refractivity contribution is -0.129. The van der Waals surface area contributed by atoms with Crippen molar-refractivity contribution in [1.29, 1.82) is 0 Å². The Morgan fingerprint density at radius 2 is 1.96 bits per heavy atom. The number of aromatic nitrogens is 1. The topological polar surface area (TPSA) is 76.4 Å². The van der Waals surface area contributed by atoms with Crippen LogP contribution < -0.4 is 0 Å². The maximum Gasteiger partial charge on any atom is 0.337 e. The Morgan fingerprint density at radius 1 is 1.20 bits per heavy atom. The van der Waals surface area contributed by atoms with Crippen molar-refractivity contribution in [3.05, 3.63) is 35.7 Å². The highest BCUT2D eigenvalue weighted by Crippen LogP contribution is 2.45. The van der Waals surface area contributed by atoms with Gasteiger partial charge in [-0.15, -0.1) is 0 Å². The lowest BCUT2D eigenvalue weighted by Crippen LogP contribution is -2.42. The molecule has 0 bridgehead atoms. The predicted molar refractivity (Wildman–Crippen MR) is 91.5 cm³/mol. The first-order chi connectivity index (χ1) is 12.0. The molecule has 4 rings (SSSR count). The van der Waals surface area contributed by atoms with Gasteiger partial charge in [0.05, 0.1) is 5.56 Å². The first kappa shape index (κ1) is 16.3. The number of fused-ring (bicyclic) bond motifs is 2. The molecule has 2 aliphatic carbocycles. The van der Waals surface area contributed by atoms with Gasteiger partial charge in [0, 0.05) is 24.2 Å². The highest BCUT2D eigenvalue weighted by molar-refractivity contribution is 6.07. The van der Waals surface area contributed by atoms with Gasteiger partial charge in [0.25, 0.3) is 0 Å². The standard InChI is InChI=1S/C20H23NO4/c1-11-6-7-12-4-2-3-5-13(12)17(11)18(22)15-10-16-14(20(24)25)8-9-21(16)19(15)23/h6-9,11-13,15,17H,2-5,10H2,1H3,(H,24,25)/t11-,12+,13-,15?,17?/m0/s1. The molecule has 132 valence electrons. The molecule has 5 nitrogen and oxygen atoms in total. The summed E-state index contributed by atoms with van der Waals surface area (Å²) in [7, 11) is 0. The van der Waals surface area contributed by atoms with Crippen molar-refractivity contribution >= 4 is 17.7 Å². The van der Waals surface area contributed by atoms with E-state index in [-0.39, 0.29) is 35.5 Å². The Kier molecular flexibility index (Phi) is 3.89. The minimum atomic E-state index is -1.05.